The number of rotatable bonds is 6. The van der Waals surface area contributed by atoms with Crippen molar-refractivity contribution in [1.29, 1.82) is 0 Å². The zero-order chi connectivity index (χ0) is 14.8. The molecule has 1 aromatic rings. The molecule has 2 rings (SSSR count). The largest absolute Gasteiger partial charge is 0.329 e. The number of aromatic nitrogens is 2. The average Bonchev–Trinajstić information content (AvgIpc) is 3.06. The Bertz CT molecular complexity index is 548. The summed E-state index contributed by atoms with van der Waals surface area (Å²) in [6.07, 6.45) is 5.96. The van der Waals surface area contributed by atoms with Crippen molar-refractivity contribution in [2.24, 2.45) is 11.1 Å². The SMILES string of the molecule is CCC1(CC)CCN(S(=O)(=O)c2cnn(CCN)c2)C1. The molecule has 0 aliphatic carbocycles. The van der Waals surface area contributed by atoms with Gasteiger partial charge in [-0.15, -0.1) is 0 Å². The molecule has 1 aliphatic rings. The van der Waals surface area contributed by atoms with E-state index < -0.39 is 10.0 Å². The zero-order valence-electron chi connectivity index (χ0n) is 12.2. The lowest BCUT2D eigenvalue weighted by Crippen LogP contribution is -2.31. The van der Waals surface area contributed by atoms with E-state index in [9.17, 15) is 8.42 Å². The smallest absolute Gasteiger partial charge is 0.246 e. The predicted molar refractivity (Wildman–Crippen MR) is 77.7 cm³/mol. The zero-order valence-corrected chi connectivity index (χ0v) is 13.1. The van der Waals surface area contributed by atoms with Crippen molar-refractivity contribution in [3.63, 3.8) is 0 Å². The second kappa shape index (κ2) is 5.83. The third kappa shape index (κ3) is 2.75. The van der Waals surface area contributed by atoms with Crippen LogP contribution in [0.5, 0.6) is 0 Å². The summed E-state index contributed by atoms with van der Waals surface area (Å²) in [5, 5.41) is 4.05. The molecule has 2 N–H and O–H groups in total. The molecule has 6 nitrogen and oxygen atoms in total. The molecule has 0 radical (unpaired) electrons. The van der Waals surface area contributed by atoms with E-state index in [1.165, 1.54) is 6.20 Å². The molecule has 0 amide bonds. The number of sulfonamides is 1. The lowest BCUT2D eigenvalue weighted by molar-refractivity contribution is 0.279. The van der Waals surface area contributed by atoms with E-state index in [1.807, 2.05) is 0 Å². The first-order valence-electron chi connectivity index (χ1n) is 7.20. The summed E-state index contributed by atoms with van der Waals surface area (Å²) < 4.78 is 28.4. The number of nitrogens with zero attached hydrogens (tertiary/aromatic N) is 3. The van der Waals surface area contributed by atoms with Crippen LogP contribution in [0.2, 0.25) is 0 Å². The fraction of sp³-hybridized carbons (Fsp3) is 0.769. The van der Waals surface area contributed by atoms with Crippen LogP contribution in [0.25, 0.3) is 0 Å². The van der Waals surface area contributed by atoms with Gasteiger partial charge in [0.15, 0.2) is 0 Å². The van der Waals surface area contributed by atoms with Gasteiger partial charge < -0.3 is 5.73 Å². The molecule has 0 aromatic carbocycles. The highest BCUT2D eigenvalue weighted by molar-refractivity contribution is 7.89. The molecule has 1 fully saturated rings. The molecule has 1 saturated heterocycles. The molecule has 0 unspecified atom stereocenters. The van der Waals surface area contributed by atoms with Gasteiger partial charge in [0.1, 0.15) is 4.90 Å². The second-order valence-corrected chi connectivity index (χ2v) is 7.46. The van der Waals surface area contributed by atoms with Gasteiger partial charge in [-0.3, -0.25) is 4.68 Å². The Balaban J connectivity index is 2.19. The molecule has 1 aromatic heterocycles. The van der Waals surface area contributed by atoms with Crippen LogP contribution in [-0.2, 0) is 16.6 Å². The van der Waals surface area contributed by atoms with E-state index >= 15 is 0 Å². The molecule has 7 heteroatoms. The van der Waals surface area contributed by atoms with Gasteiger partial charge in [0, 0.05) is 25.8 Å². The van der Waals surface area contributed by atoms with Crippen molar-refractivity contribution in [2.75, 3.05) is 19.6 Å². The highest BCUT2D eigenvalue weighted by atomic mass is 32.2. The summed E-state index contributed by atoms with van der Waals surface area (Å²) in [7, 11) is -3.42. The van der Waals surface area contributed by atoms with Crippen LogP contribution in [-0.4, -0.2) is 42.1 Å². The minimum atomic E-state index is -3.42. The van der Waals surface area contributed by atoms with Crippen molar-refractivity contribution in [1.82, 2.24) is 14.1 Å². The van der Waals surface area contributed by atoms with Gasteiger partial charge in [-0.05, 0) is 24.7 Å². The van der Waals surface area contributed by atoms with E-state index in [0.717, 1.165) is 19.3 Å². The Morgan fingerprint density at radius 1 is 1.40 bits per heavy atom. The monoisotopic (exact) mass is 300 g/mol. The van der Waals surface area contributed by atoms with Crippen LogP contribution in [0, 0.1) is 5.41 Å². The molecule has 0 spiro atoms. The van der Waals surface area contributed by atoms with Gasteiger partial charge in [-0.2, -0.15) is 9.40 Å². The molecule has 114 valence electrons. The minimum absolute atomic E-state index is 0.139. The molecule has 1 aliphatic heterocycles. The first-order valence-corrected chi connectivity index (χ1v) is 8.64. The fourth-order valence-corrected chi connectivity index (χ4v) is 4.32. The van der Waals surface area contributed by atoms with Crippen LogP contribution >= 0.6 is 0 Å². The van der Waals surface area contributed by atoms with Crippen molar-refractivity contribution in [2.45, 2.75) is 44.6 Å². The number of nitrogens with two attached hydrogens (primary N) is 1. The van der Waals surface area contributed by atoms with Crippen molar-refractivity contribution in [3.05, 3.63) is 12.4 Å². The molecule has 0 saturated carbocycles. The highest BCUT2D eigenvalue weighted by Gasteiger charge is 2.40. The quantitative estimate of drug-likeness (QED) is 0.851. The summed E-state index contributed by atoms with van der Waals surface area (Å²) in [6, 6.07) is 0. The van der Waals surface area contributed by atoms with Crippen LogP contribution in [0.15, 0.2) is 17.3 Å². The summed E-state index contributed by atoms with van der Waals surface area (Å²) in [5.41, 5.74) is 5.59. The average molecular weight is 300 g/mol. The first-order chi connectivity index (χ1) is 9.47. The molecular weight excluding hydrogens is 276 g/mol. The molecular formula is C13H24N4O2S. The summed E-state index contributed by atoms with van der Waals surface area (Å²) in [4.78, 5) is 0.272. The summed E-state index contributed by atoms with van der Waals surface area (Å²) in [5.74, 6) is 0. The van der Waals surface area contributed by atoms with Crippen molar-refractivity contribution in [3.8, 4) is 0 Å². The van der Waals surface area contributed by atoms with Crippen LogP contribution in [0.4, 0.5) is 0 Å². The molecule has 0 bridgehead atoms. The maximum atomic E-state index is 12.6. The van der Waals surface area contributed by atoms with Crippen LogP contribution in [0.1, 0.15) is 33.1 Å². The second-order valence-electron chi connectivity index (χ2n) is 5.52. The normalized spacial score (nSPS) is 19.6. The third-order valence-corrected chi connectivity index (χ3v) is 6.31. The van der Waals surface area contributed by atoms with E-state index in [2.05, 4.69) is 18.9 Å². The van der Waals surface area contributed by atoms with Gasteiger partial charge in [-0.25, -0.2) is 8.42 Å². The van der Waals surface area contributed by atoms with Gasteiger partial charge in [-0.1, -0.05) is 13.8 Å². The lowest BCUT2D eigenvalue weighted by atomic mass is 9.82. The van der Waals surface area contributed by atoms with Gasteiger partial charge in [0.25, 0.3) is 0 Å². The maximum Gasteiger partial charge on any atom is 0.246 e. The molecule has 2 heterocycles. The van der Waals surface area contributed by atoms with E-state index in [4.69, 9.17) is 5.73 Å². The standard InChI is InChI=1S/C13H24N4O2S/c1-3-13(4-2)5-7-17(11-13)20(18,19)12-9-15-16(10-12)8-6-14/h9-10H,3-8,11,14H2,1-2H3. The Kier molecular flexibility index (Phi) is 4.51. The van der Waals surface area contributed by atoms with Crippen molar-refractivity contribution < 1.29 is 8.42 Å². The Labute approximate surface area is 121 Å². The predicted octanol–water partition coefficient (Wildman–Crippen LogP) is 1.04. The first kappa shape index (κ1) is 15.5. The van der Waals surface area contributed by atoms with Crippen LogP contribution < -0.4 is 5.73 Å². The minimum Gasteiger partial charge on any atom is -0.329 e. The molecule has 0 atom stereocenters. The highest BCUT2D eigenvalue weighted by Crippen LogP contribution is 2.39. The summed E-state index contributed by atoms with van der Waals surface area (Å²) in [6.45, 7) is 6.47. The van der Waals surface area contributed by atoms with Gasteiger partial charge >= 0.3 is 0 Å². The van der Waals surface area contributed by atoms with E-state index in [0.29, 0.717) is 26.2 Å². The van der Waals surface area contributed by atoms with E-state index in [-0.39, 0.29) is 10.3 Å². The van der Waals surface area contributed by atoms with Gasteiger partial charge in [0.2, 0.25) is 10.0 Å². The fourth-order valence-electron chi connectivity index (χ4n) is 2.81. The summed E-state index contributed by atoms with van der Waals surface area (Å²) >= 11 is 0. The maximum absolute atomic E-state index is 12.6. The van der Waals surface area contributed by atoms with Crippen molar-refractivity contribution >= 4 is 10.0 Å². The Hall–Kier alpha value is -0.920. The third-order valence-electron chi connectivity index (χ3n) is 4.51. The van der Waals surface area contributed by atoms with Crippen LogP contribution in [0.3, 0.4) is 0 Å². The Morgan fingerprint density at radius 3 is 2.65 bits per heavy atom. The lowest BCUT2D eigenvalue weighted by Gasteiger charge is -2.26. The number of hydrogen-bond acceptors (Lipinski definition) is 4. The van der Waals surface area contributed by atoms with Gasteiger partial charge in [0.05, 0.1) is 12.7 Å². The number of hydrogen-bond donors (Lipinski definition) is 1. The topological polar surface area (TPSA) is 81.2 Å². The molecule has 20 heavy (non-hydrogen) atoms. The van der Waals surface area contributed by atoms with E-state index in [1.54, 1.807) is 15.2 Å². The Morgan fingerprint density at radius 2 is 2.10 bits per heavy atom.